The smallest absolute Gasteiger partial charge is 0.234 e. The Kier molecular flexibility index (Phi) is 5.83. The molecule has 0 radical (unpaired) electrons. The van der Waals surface area contributed by atoms with Crippen LogP contribution in [-0.2, 0) is 11.3 Å². The Labute approximate surface area is 115 Å². The summed E-state index contributed by atoms with van der Waals surface area (Å²) in [5, 5.41) is 0. The molecule has 0 heterocycles. The molecule has 1 atom stereocenters. The number of rotatable bonds is 7. The van der Waals surface area contributed by atoms with Crippen molar-refractivity contribution in [2.75, 3.05) is 14.2 Å². The van der Waals surface area contributed by atoms with Gasteiger partial charge in [0.05, 0.1) is 13.2 Å². The van der Waals surface area contributed by atoms with E-state index in [0.717, 1.165) is 24.2 Å². The summed E-state index contributed by atoms with van der Waals surface area (Å²) in [6.07, 6.45) is 1.73. The molecule has 1 aromatic carbocycles. The highest BCUT2D eigenvalue weighted by Gasteiger charge is 2.20. The van der Waals surface area contributed by atoms with Gasteiger partial charge in [-0.1, -0.05) is 19.4 Å². The van der Waals surface area contributed by atoms with E-state index in [1.165, 1.54) is 5.56 Å². The van der Waals surface area contributed by atoms with Crippen LogP contribution in [0.5, 0.6) is 5.75 Å². The second-order valence-electron chi connectivity index (χ2n) is 4.91. The quantitative estimate of drug-likeness (QED) is 0.820. The van der Waals surface area contributed by atoms with Crippen molar-refractivity contribution in [3.8, 4) is 5.75 Å². The highest BCUT2D eigenvalue weighted by Crippen LogP contribution is 2.19. The van der Waals surface area contributed by atoms with Gasteiger partial charge in [-0.15, -0.1) is 0 Å². The molecule has 106 valence electrons. The molecule has 0 aromatic heterocycles. The predicted octanol–water partition coefficient (Wildman–Crippen LogP) is 2.09. The van der Waals surface area contributed by atoms with Crippen LogP contribution >= 0.6 is 0 Å². The summed E-state index contributed by atoms with van der Waals surface area (Å²) in [7, 11) is 3.59. The Morgan fingerprint density at radius 2 is 2.16 bits per heavy atom. The summed E-state index contributed by atoms with van der Waals surface area (Å²) in [5.74, 6) is 0.574. The standard InChI is InChI=1S/C15H24N2O2/c1-5-6-14(15(16)18)17(3)10-12-9-13(19-4)8-7-11(12)2/h7-9,14H,5-6,10H2,1-4H3,(H2,16,18). The Morgan fingerprint density at radius 3 is 2.68 bits per heavy atom. The monoisotopic (exact) mass is 264 g/mol. The van der Waals surface area contributed by atoms with Crippen molar-refractivity contribution in [1.82, 2.24) is 4.90 Å². The molecular formula is C15H24N2O2. The van der Waals surface area contributed by atoms with Gasteiger partial charge >= 0.3 is 0 Å². The number of carbonyl (C=O) groups is 1. The van der Waals surface area contributed by atoms with E-state index in [9.17, 15) is 4.79 Å². The van der Waals surface area contributed by atoms with Crippen molar-refractivity contribution < 1.29 is 9.53 Å². The van der Waals surface area contributed by atoms with Crippen molar-refractivity contribution in [3.05, 3.63) is 29.3 Å². The van der Waals surface area contributed by atoms with E-state index in [-0.39, 0.29) is 11.9 Å². The second-order valence-corrected chi connectivity index (χ2v) is 4.91. The molecule has 0 bridgehead atoms. The first kappa shape index (κ1) is 15.5. The van der Waals surface area contributed by atoms with E-state index < -0.39 is 0 Å². The fourth-order valence-electron chi connectivity index (χ4n) is 2.18. The number of amides is 1. The van der Waals surface area contributed by atoms with Gasteiger partial charge in [0.2, 0.25) is 5.91 Å². The van der Waals surface area contributed by atoms with Gasteiger partial charge in [-0.25, -0.2) is 0 Å². The van der Waals surface area contributed by atoms with Gasteiger partial charge in [0.25, 0.3) is 0 Å². The van der Waals surface area contributed by atoms with Crippen LogP contribution in [0.2, 0.25) is 0 Å². The molecule has 0 saturated heterocycles. The lowest BCUT2D eigenvalue weighted by Gasteiger charge is -2.26. The van der Waals surface area contributed by atoms with Gasteiger partial charge < -0.3 is 10.5 Å². The normalized spacial score (nSPS) is 12.5. The molecule has 2 N–H and O–H groups in total. The molecule has 1 rings (SSSR count). The Morgan fingerprint density at radius 1 is 1.47 bits per heavy atom. The lowest BCUT2D eigenvalue weighted by Crippen LogP contribution is -2.42. The van der Waals surface area contributed by atoms with Crippen LogP contribution in [0.15, 0.2) is 18.2 Å². The molecular weight excluding hydrogens is 240 g/mol. The number of hydrogen-bond donors (Lipinski definition) is 1. The van der Waals surface area contributed by atoms with Gasteiger partial charge in [-0.3, -0.25) is 9.69 Å². The molecule has 0 aliphatic rings. The minimum absolute atomic E-state index is 0.212. The largest absolute Gasteiger partial charge is 0.497 e. The molecule has 0 aliphatic carbocycles. The zero-order valence-electron chi connectivity index (χ0n) is 12.3. The number of aryl methyl sites for hydroxylation is 1. The van der Waals surface area contributed by atoms with Crippen LogP contribution in [-0.4, -0.2) is 31.0 Å². The van der Waals surface area contributed by atoms with Crippen molar-refractivity contribution in [1.29, 1.82) is 0 Å². The molecule has 4 heteroatoms. The average Bonchev–Trinajstić information content (AvgIpc) is 2.38. The molecule has 1 amide bonds. The number of ether oxygens (including phenoxy) is 1. The number of carbonyl (C=O) groups excluding carboxylic acids is 1. The number of nitrogens with zero attached hydrogens (tertiary/aromatic N) is 1. The maximum atomic E-state index is 11.5. The first-order valence-electron chi connectivity index (χ1n) is 6.62. The zero-order valence-corrected chi connectivity index (χ0v) is 12.3. The lowest BCUT2D eigenvalue weighted by atomic mass is 10.1. The van der Waals surface area contributed by atoms with Crippen LogP contribution in [0.25, 0.3) is 0 Å². The van der Waals surface area contributed by atoms with Crippen LogP contribution in [0.1, 0.15) is 30.9 Å². The molecule has 0 fully saturated rings. The third-order valence-electron chi connectivity index (χ3n) is 3.40. The topological polar surface area (TPSA) is 55.6 Å². The Balaban J connectivity index is 2.85. The highest BCUT2D eigenvalue weighted by atomic mass is 16.5. The van der Waals surface area contributed by atoms with Crippen molar-refractivity contribution in [2.45, 2.75) is 39.3 Å². The van der Waals surface area contributed by atoms with E-state index in [4.69, 9.17) is 10.5 Å². The predicted molar refractivity (Wildman–Crippen MR) is 77.1 cm³/mol. The molecule has 4 nitrogen and oxygen atoms in total. The van der Waals surface area contributed by atoms with Crippen LogP contribution in [0.3, 0.4) is 0 Å². The molecule has 0 aliphatic heterocycles. The fourth-order valence-corrected chi connectivity index (χ4v) is 2.18. The van der Waals surface area contributed by atoms with E-state index in [1.807, 2.05) is 30.1 Å². The molecule has 1 aromatic rings. The van der Waals surface area contributed by atoms with Crippen LogP contribution in [0, 0.1) is 6.92 Å². The number of benzene rings is 1. The Hall–Kier alpha value is -1.55. The first-order valence-corrected chi connectivity index (χ1v) is 6.62. The minimum Gasteiger partial charge on any atom is -0.497 e. The number of hydrogen-bond acceptors (Lipinski definition) is 3. The van der Waals surface area contributed by atoms with E-state index >= 15 is 0 Å². The summed E-state index contributed by atoms with van der Waals surface area (Å²) < 4.78 is 5.24. The highest BCUT2D eigenvalue weighted by molar-refractivity contribution is 5.79. The van der Waals surface area contributed by atoms with E-state index in [1.54, 1.807) is 7.11 Å². The number of primary amides is 1. The maximum absolute atomic E-state index is 11.5. The second kappa shape index (κ2) is 7.14. The summed E-state index contributed by atoms with van der Waals surface area (Å²) in [4.78, 5) is 13.5. The summed E-state index contributed by atoms with van der Waals surface area (Å²) in [6.45, 7) is 4.80. The lowest BCUT2D eigenvalue weighted by molar-refractivity contribution is -0.123. The fraction of sp³-hybridized carbons (Fsp3) is 0.533. The minimum atomic E-state index is -0.259. The Bertz CT molecular complexity index is 432. The average molecular weight is 264 g/mol. The zero-order chi connectivity index (χ0) is 14.4. The van der Waals surface area contributed by atoms with Gasteiger partial charge in [0.1, 0.15) is 5.75 Å². The van der Waals surface area contributed by atoms with Crippen molar-refractivity contribution in [2.24, 2.45) is 5.73 Å². The van der Waals surface area contributed by atoms with E-state index in [0.29, 0.717) is 6.54 Å². The number of nitrogens with two attached hydrogens (primary N) is 1. The van der Waals surface area contributed by atoms with Crippen molar-refractivity contribution in [3.63, 3.8) is 0 Å². The maximum Gasteiger partial charge on any atom is 0.234 e. The summed E-state index contributed by atoms with van der Waals surface area (Å²) in [5.41, 5.74) is 7.81. The van der Waals surface area contributed by atoms with Crippen molar-refractivity contribution >= 4 is 5.91 Å². The molecule has 1 unspecified atom stereocenters. The van der Waals surface area contributed by atoms with Crippen LogP contribution in [0.4, 0.5) is 0 Å². The number of methoxy groups -OCH3 is 1. The third-order valence-corrected chi connectivity index (χ3v) is 3.40. The first-order chi connectivity index (χ1) is 8.99. The van der Waals surface area contributed by atoms with Gasteiger partial charge in [-0.2, -0.15) is 0 Å². The third kappa shape index (κ3) is 4.24. The SMILES string of the molecule is CCCC(C(N)=O)N(C)Cc1cc(OC)ccc1C. The molecule has 19 heavy (non-hydrogen) atoms. The van der Waals surface area contributed by atoms with Gasteiger partial charge in [0.15, 0.2) is 0 Å². The van der Waals surface area contributed by atoms with E-state index in [2.05, 4.69) is 13.8 Å². The van der Waals surface area contributed by atoms with Crippen LogP contribution < -0.4 is 10.5 Å². The summed E-state index contributed by atoms with van der Waals surface area (Å²) >= 11 is 0. The van der Waals surface area contributed by atoms with Gasteiger partial charge in [-0.05, 0) is 43.7 Å². The van der Waals surface area contributed by atoms with Gasteiger partial charge in [0, 0.05) is 6.54 Å². The molecule has 0 spiro atoms. The molecule has 0 saturated carbocycles. The number of likely N-dealkylation sites (N-methyl/N-ethyl adjacent to an activating group) is 1. The summed E-state index contributed by atoms with van der Waals surface area (Å²) in [6, 6.07) is 5.77.